The van der Waals surface area contributed by atoms with Gasteiger partial charge in [0.25, 0.3) is 0 Å². The molecule has 35 heavy (non-hydrogen) atoms. The summed E-state index contributed by atoms with van der Waals surface area (Å²) < 4.78 is 26.3. The molecule has 0 aromatic heterocycles. The van der Waals surface area contributed by atoms with Gasteiger partial charge in [-0.1, -0.05) is 53.9 Å². The van der Waals surface area contributed by atoms with Gasteiger partial charge in [-0.15, -0.1) is 0 Å². The first kappa shape index (κ1) is 29.2. The van der Waals surface area contributed by atoms with Crippen LogP contribution in [0.1, 0.15) is 37.3 Å². The van der Waals surface area contributed by atoms with Crippen LogP contribution in [-0.2, 0) is 26.2 Å². The summed E-state index contributed by atoms with van der Waals surface area (Å²) in [6, 6.07) is 9.32. The Morgan fingerprint density at radius 2 is 1.71 bits per heavy atom. The zero-order valence-electron chi connectivity index (χ0n) is 20.1. The van der Waals surface area contributed by atoms with E-state index in [1.165, 1.54) is 16.3 Å². The smallest absolute Gasteiger partial charge is 0.242 e. The van der Waals surface area contributed by atoms with E-state index < -0.39 is 16.1 Å². The second kappa shape index (κ2) is 12.8. The summed E-state index contributed by atoms with van der Waals surface area (Å²) in [5.74, 6) is -0.621. The summed E-state index contributed by atoms with van der Waals surface area (Å²) in [5, 5.41) is 3.79. The van der Waals surface area contributed by atoms with Gasteiger partial charge in [-0.25, -0.2) is 8.42 Å². The number of carbonyl (C=O) groups is 2. The number of hydrogen-bond donors (Lipinski definition) is 1. The van der Waals surface area contributed by atoms with E-state index in [0.717, 1.165) is 11.8 Å². The Kier molecular flexibility index (Phi) is 10.7. The van der Waals surface area contributed by atoms with Gasteiger partial charge in [0.05, 0.1) is 11.9 Å². The predicted octanol–water partition coefficient (Wildman–Crippen LogP) is 5.05. The van der Waals surface area contributed by atoms with Crippen LogP contribution >= 0.6 is 34.8 Å². The lowest BCUT2D eigenvalue weighted by atomic mass is 10.1. The summed E-state index contributed by atoms with van der Waals surface area (Å²) >= 11 is 18.7. The largest absolute Gasteiger partial charge is 0.357 e. The molecule has 0 bridgehead atoms. The van der Waals surface area contributed by atoms with Crippen LogP contribution < -0.4 is 9.62 Å². The quantitative estimate of drug-likeness (QED) is 0.415. The monoisotopic (exact) mass is 561 g/mol. The summed E-state index contributed by atoms with van der Waals surface area (Å²) in [5.41, 5.74) is 1.75. The van der Waals surface area contributed by atoms with Crippen LogP contribution in [-0.4, -0.2) is 51.0 Å². The highest BCUT2D eigenvalue weighted by Crippen LogP contribution is 2.29. The fourth-order valence-electron chi connectivity index (χ4n) is 3.77. The number of anilines is 1. The Morgan fingerprint density at radius 3 is 2.26 bits per heavy atom. The van der Waals surface area contributed by atoms with Gasteiger partial charge >= 0.3 is 0 Å². The molecule has 2 amide bonds. The molecule has 0 spiro atoms. The number of nitrogens with one attached hydrogen (secondary N) is 1. The lowest BCUT2D eigenvalue weighted by Crippen LogP contribution is -2.48. The van der Waals surface area contributed by atoms with Crippen molar-refractivity contribution in [3.8, 4) is 0 Å². The number of nitrogens with zero attached hydrogens (tertiary/aromatic N) is 2. The van der Waals surface area contributed by atoms with Gasteiger partial charge in [0, 0.05) is 47.2 Å². The molecule has 1 N–H and O–H groups in total. The molecule has 11 heteroatoms. The second-order valence-electron chi connectivity index (χ2n) is 8.13. The van der Waals surface area contributed by atoms with Gasteiger partial charge in [0.1, 0.15) is 6.04 Å². The fraction of sp³-hybridized carbons (Fsp3) is 0.417. The van der Waals surface area contributed by atoms with Crippen molar-refractivity contribution in [3.05, 3.63) is 62.6 Å². The number of likely N-dealkylation sites (N-methyl/N-ethyl adjacent to an activating group) is 1. The number of carbonyl (C=O) groups excluding carboxylic acids is 2. The minimum atomic E-state index is -3.62. The Morgan fingerprint density at radius 1 is 1.09 bits per heavy atom. The van der Waals surface area contributed by atoms with Crippen molar-refractivity contribution in [1.29, 1.82) is 0 Å². The molecule has 0 heterocycles. The average molecular weight is 563 g/mol. The SMILES string of the molecule is CCC(C(=O)NC)N(Cc1c(Cl)cccc1Cl)C(=O)CCCN(c1cc(Cl)ccc1C)S(C)(=O)=O. The summed E-state index contributed by atoms with van der Waals surface area (Å²) in [6.45, 7) is 3.72. The van der Waals surface area contributed by atoms with E-state index in [1.54, 1.807) is 43.3 Å². The van der Waals surface area contributed by atoms with E-state index in [2.05, 4.69) is 5.32 Å². The maximum absolute atomic E-state index is 13.4. The number of hydrogen-bond acceptors (Lipinski definition) is 4. The number of benzene rings is 2. The van der Waals surface area contributed by atoms with Gasteiger partial charge in [-0.2, -0.15) is 0 Å². The first-order chi connectivity index (χ1) is 16.4. The number of halogens is 3. The van der Waals surface area contributed by atoms with Crippen molar-refractivity contribution >= 4 is 62.3 Å². The van der Waals surface area contributed by atoms with Gasteiger partial charge in [0.2, 0.25) is 21.8 Å². The third-order valence-electron chi connectivity index (χ3n) is 5.61. The van der Waals surface area contributed by atoms with Gasteiger partial charge in [0.15, 0.2) is 0 Å². The minimum absolute atomic E-state index is 0.0151. The molecule has 2 aromatic carbocycles. The van der Waals surface area contributed by atoms with E-state index in [4.69, 9.17) is 34.8 Å². The van der Waals surface area contributed by atoms with Crippen LogP contribution in [0.4, 0.5) is 5.69 Å². The lowest BCUT2D eigenvalue weighted by molar-refractivity contribution is -0.141. The second-order valence-corrected chi connectivity index (χ2v) is 11.3. The molecule has 0 aliphatic carbocycles. The maximum Gasteiger partial charge on any atom is 0.242 e. The third kappa shape index (κ3) is 7.74. The molecule has 7 nitrogen and oxygen atoms in total. The van der Waals surface area contributed by atoms with Crippen LogP contribution in [0.25, 0.3) is 0 Å². The van der Waals surface area contributed by atoms with Gasteiger partial charge in [-0.3, -0.25) is 13.9 Å². The number of aryl methyl sites for hydroxylation is 1. The summed E-state index contributed by atoms with van der Waals surface area (Å²) in [6.07, 6.45) is 1.74. The molecule has 0 radical (unpaired) electrons. The van der Waals surface area contributed by atoms with Gasteiger partial charge < -0.3 is 10.2 Å². The van der Waals surface area contributed by atoms with Crippen LogP contribution in [0.5, 0.6) is 0 Å². The van der Waals surface area contributed by atoms with Crippen molar-refractivity contribution in [1.82, 2.24) is 10.2 Å². The topological polar surface area (TPSA) is 86.8 Å². The van der Waals surface area contributed by atoms with Crippen LogP contribution in [0.3, 0.4) is 0 Å². The van der Waals surface area contributed by atoms with E-state index in [0.29, 0.717) is 32.7 Å². The molecular formula is C24H30Cl3N3O4S. The third-order valence-corrected chi connectivity index (χ3v) is 7.74. The molecule has 0 aliphatic heterocycles. The van der Waals surface area contributed by atoms with E-state index >= 15 is 0 Å². The van der Waals surface area contributed by atoms with Crippen molar-refractivity contribution < 1.29 is 18.0 Å². The van der Waals surface area contributed by atoms with Crippen molar-refractivity contribution in [2.45, 2.75) is 45.7 Å². The highest BCUT2D eigenvalue weighted by Gasteiger charge is 2.29. The van der Waals surface area contributed by atoms with Crippen molar-refractivity contribution in [2.24, 2.45) is 0 Å². The molecule has 0 saturated carbocycles. The first-order valence-corrected chi connectivity index (χ1v) is 14.1. The molecule has 2 rings (SSSR count). The van der Waals surface area contributed by atoms with Crippen molar-refractivity contribution in [2.75, 3.05) is 24.2 Å². The number of amides is 2. The molecule has 1 unspecified atom stereocenters. The molecule has 0 aliphatic rings. The van der Waals surface area contributed by atoms with Crippen LogP contribution in [0.15, 0.2) is 36.4 Å². The predicted molar refractivity (Wildman–Crippen MR) is 143 cm³/mol. The molecule has 192 valence electrons. The standard InChI is InChI=1S/C24H30Cl3N3O4S/c1-5-21(24(32)28-3)29(15-18-19(26)8-6-9-20(18)27)23(31)10-7-13-30(35(4,33)34)22-14-17(25)12-11-16(22)2/h6,8-9,11-12,14,21H,5,7,10,13,15H2,1-4H3,(H,28,32). The van der Waals surface area contributed by atoms with Crippen LogP contribution in [0, 0.1) is 6.92 Å². The van der Waals surface area contributed by atoms with Crippen molar-refractivity contribution in [3.63, 3.8) is 0 Å². The first-order valence-electron chi connectivity index (χ1n) is 11.1. The van der Waals surface area contributed by atoms with E-state index in [1.807, 2.05) is 6.92 Å². The number of sulfonamides is 1. The fourth-order valence-corrected chi connectivity index (χ4v) is 5.47. The van der Waals surface area contributed by atoms with E-state index in [9.17, 15) is 18.0 Å². The highest BCUT2D eigenvalue weighted by molar-refractivity contribution is 7.92. The van der Waals surface area contributed by atoms with Gasteiger partial charge in [-0.05, 0) is 49.6 Å². The molecule has 2 aromatic rings. The highest BCUT2D eigenvalue weighted by atomic mass is 35.5. The Hall–Kier alpha value is -2.00. The maximum atomic E-state index is 13.4. The average Bonchev–Trinajstić information content (AvgIpc) is 2.79. The van der Waals surface area contributed by atoms with E-state index in [-0.39, 0.29) is 37.7 Å². The lowest BCUT2D eigenvalue weighted by Gasteiger charge is -2.31. The Labute approximate surface area is 222 Å². The summed E-state index contributed by atoms with van der Waals surface area (Å²) in [4.78, 5) is 27.3. The minimum Gasteiger partial charge on any atom is -0.357 e. The van der Waals surface area contributed by atoms with Crippen LogP contribution in [0.2, 0.25) is 15.1 Å². The summed E-state index contributed by atoms with van der Waals surface area (Å²) in [7, 11) is -2.12. The molecular weight excluding hydrogens is 533 g/mol. The normalized spacial score (nSPS) is 12.2. The molecule has 0 fully saturated rings. The zero-order chi connectivity index (χ0) is 26.3. The number of rotatable bonds is 11. The zero-order valence-corrected chi connectivity index (χ0v) is 23.2. The molecule has 0 saturated heterocycles. The Bertz CT molecular complexity index is 1150. The Balaban J connectivity index is 2.28. The molecule has 1 atom stereocenters.